The van der Waals surface area contributed by atoms with E-state index in [1.54, 1.807) is 0 Å². The Hall–Kier alpha value is -3.04. The number of hydrogen-bond acceptors (Lipinski definition) is 3. The molecule has 0 amide bonds. The number of aryl methyl sites for hydroxylation is 1. The van der Waals surface area contributed by atoms with Gasteiger partial charge in [0.1, 0.15) is 0 Å². The summed E-state index contributed by atoms with van der Waals surface area (Å²) >= 11 is 1.45. The summed E-state index contributed by atoms with van der Waals surface area (Å²) in [5.74, 6) is -0.0360. The molecule has 1 heterocycles. The molecule has 0 aliphatic rings. The molecule has 3 heteroatoms. The van der Waals surface area contributed by atoms with E-state index in [0.717, 1.165) is 21.7 Å². The van der Waals surface area contributed by atoms with Crippen LogP contribution >= 0.6 is 11.3 Å². The lowest BCUT2D eigenvalue weighted by Gasteiger charge is -2.03. The highest BCUT2D eigenvalue weighted by atomic mass is 32.1. The van der Waals surface area contributed by atoms with Crippen LogP contribution in [-0.4, -0.2) is 10.8 Å². The number of carbonyl (C=O) groups excluding carboxylic acids is 1. The largest absolute Gasteiger partial charge is 0.286 e. The minimum absolute atomic E-state index is 0.0360. The minimum Gasteiger partial charge on any atom is -0.286 e. The number of ketones is 1. The SMILES string of the molecule is Cc1ccc(-c2nc(C(=O)c3ccccc3)sc2-c2ccccc2)cc1. The van der Waals surface area contributed by atoms with Gasteiger partial charge in [0.15, 0.2) is 5.01 Å². The summed E-state index contributed by atoms with van der Waals surface area (Å²) in [4.78, 5) is 18.6. The van der Waals surface area contributed by atoms with Crippen molar-refractivity contribution >= 4 is 17.1 Å². The van der Waals surface area contributed by atoms with Crippen LogP contribution in [0.5, 0.6) is 0 Å². The van der Waals surface area contributed by atoms with Gasteiger partial charge in [0.25, 0.3) is 0 Å². The van der Waals surface area contributed by atoms with E-state index in [9.17, 15) is 4.79 Å². The Morgan fingerprint density at radius 3 is 2.04 bits per heavy atom. The Balaban J connectivity index is 1.85. The second-order valence-electron chi connectivity index (χ2n) is 6.12. The molecule has 0 aliphatic heterocycles. The van der Waals surface area contributed by atoms with Gasteiger partial charge in [-0.2, -0.15) is 0 Å². The third-order valence-electron chi connectivity index (χ3n) is 4.22. The van der Waals surface area contributed by atoms with Crippen LogP contribution in [0.3, 0.4) is 0 Å². The first-order chi connectivity index (χ1) is 12.7. The fraction of sp³-hybridized carbons (Fsp3) is 0.0435. The van der Waals surface area contributed by atoms with E-state index in [1.165, 1.54) is 16.9 Å². The second kappa shape index (κ2) is 7.06. The monoisotopic (exact) mass is 355 g/mol. The van der Waals surface area contributed by atoms with Crippen LogP contribution in [0.4, 0.5) is 0 Å². The van der Waals surface area contributed by atoms with E-state index in [-0.39, 0.29) is 5.78 Å². The minimum atomic E-state index is -0.0360. The third kappa shape index (κ3) is 3.22. The molecule has 0 radical (unpaired) electrons. The maximum absolute atomic E-state index is 12.9. The molecule has 0 saturated carbocycles. The van der Waals surface area contributed by atoms with Crippen molar-refractivity contribution in [1.82, 2.24) is 4.98 Å². The highest BCUT2D eigenvalue weighted by Crippen LogP contribution is 2.37. The number of nitrogens with zero attached hydrogens (tertiary/aromatic N) is 1. The normalized spacial score (nSPS) is 10.7. The Bertz CT molecular complexity index is 1030. The van der Waals surface area contributed by atoms with E-state index in [4.69, 9.17) is 4.98 Å². The summed E-state index contributed by atoms with van der Waals surface area (Å²) in [6, 6.07) is 27.7. The van der Waals surface area contributed by atoms with Crippen molar-refractivity contribution in [3.8, 4) is 21.7 Å². The highest BCUT2D eigenvalue weighted by molar-refractivity contribution is 7.17. The molecule has 4 aromatic rings. The number of benzene rings is 3. The van der Waals surface area contributed by atoms with Crippen molar-refractivity contribution in [2.45, 2.75) is 6.92 Å². The number of aromatic nitrogens is 1. The van der Waals surface area contributed by atoms with Crippen molar-refractivity contribution in [2.75, 3.05) is 0 Å². The average Bonchev–Trinajstić information content (AvgIpc) is 3.15. The molecule has 0 bridgehead atoms. The molecule has 26 heavy (non-hydrogen) atoms. The Labute approximate surface area is 156 Å². The maximum Gasteiger partial charge on any atom is 0.221 e. The molecule has 0 atom stereocenters. The second-order valence-corrected chi connectivity index (χ2v) is 7.12. The molecule has 2 nitrogen and oxygen atoms in total. The zero-order valence-electron chi connectivity index (χ0n) is 14.3. The van der Waals surface area contributed by atoms with Gasteiger partial charge < -0.3 is 0 Å². The van der Waals surface area contributed by atoms with Crippen LogP contribution in [-0.2, 0) is 0 Å². The molecule has 0 N–H and O–H groups in total. The molecule has 0 unspecified atom stereocenters. The predicted octanol–water partition coefficient (Wildman–Crippen LogP) is 6.02. The van der Waals surface area contributed by atoms with Crippen LogP contribution in [0.1, 0.15) is 20.9 Å². The van der Waals surface area contributed by atoms with Gasteiger partial charge in [0.2, 0.25) is 5.78 Å². The summed E-state index contributed by atoms with van der Waals surface area (Å²) in [5.41, 5.74) is 4.83. The van der Waals surface area contributed by atoms with E-state index in [0.29, 0.717) is 10.6 Å². The molecule has 0 saturated heterocycles. The summed E-state index contributed by atoms with van der Waals surface area (Å²) in [5, 5.41) is 0.519. The zero-order valence-corrected chi connectivity index (χ0v) is 15.2. The Kier molecular flexibility index (Phi) is 4.46. The molecule has 3 aromatic carbocycles. The van der Waals surface area contributed by atoms with Gasteiger partial charge in [-0.3, -0.25) is 4.79 Å². The molecule has 0 aliphatic carbocycles. The molecular formula is C23H17NOS. The van der Waals surface area contributed by atoms with Crippen LogP contribution in [0.2, 0.25) is 0 Å². The lowest BCUT2D eigenvalue weighted by molar-refractivity contribution is 0.103. The summed E-state index contributed by atoms with van der Waals surface area (Å²) in [6.45, 7) is 2.06. The quantitative estimate of drug-likeness (QED) is 0.419. The fourth-order valence-corrected chi connectivity index (χ4v) is 3.88. The topological polar surface area (TPSA) is 30.0 Å². The standard InChI is InChI=1S/C23H17NOS/c1-16-12-14-17(15-13-16)20-22(19-10-6-3-7-11-19)26-23(24-20)21(25)18-8-4-2-5-9-18/h2-15H,1H3. The van der Waals surface area contributed by atoms with Crippen molar-refractivity contribution in [2.24, 2.45) is 0 Å². The lowest BCUT2D eigenvalue weighted by Crippen LogP contribution is -1.99. The first-order valence-corrected chi connectivity index (χ1v) is 9.27. The summed E-state index contributed by atoms with van der Waals surface area (Å²) in [6.07, 6.45) is 0. The van der Waals surface area contributed by atoms with Gasteiger partial charge in [-0.05, 0) is 12.5 Å². The first kappa shape index (κ1) is 16.4. The van der Waals surface area contributed by atoms with Gasteiger partial charge in [-0.1, -0.05) is 90.5 Å². The van der Waals surface area contributed by atoms with Crippen molar-refractivity contribution < 1.29 is 4.79 Å². The van der Waals surface area contributed by atoms with Crippen molar-refractivity contribution in [3.05, 3.63) is 101 Å². The molecule has 1 aromatic heterocycles. The Morgan fingerprint density at radius 1 is 0.769 bits per heavy atom. The molecule has 126 valence electrons. The van der Waals surface area contributed by atoms with Gasteiger partial charge in [-0.25, -0.2) is 4.98 Å². The maximum atomic E-state index is 12.9. The molecule has 0 spiro atoms. The highest BCUT2D eigenvalue weighted by Gasteiger charge is 2.20. The molecule has 0 fully saturated rings. The van der Waals surface area contributed by atoms with Crippen LogP contribution in [0, 0.1) is 6.92 Å². The predicted molar refractivity (Wildman–Crippen MR) is 108 cm³/mol. The third-order valence-corrected chi connectivity index (χ3v) is 5.32. The summed E-state index contributed by atoms with van der Waals surface area (Å²) in [7, 11) is 0. The van der Waals surface area contributed by atoms with Gasteiger partial charge >= 0.3 is 0 Å². The van der Waals surface area contributed by atoms with E-state index < -0.39 is 0 Å². The smallest absolute Gasteiger partial charge is 0.221 e. The number of carbonyl (C=O) groups is 1. The van der Waals surface area contributed by atoms with Crippen LogP contribution in [0.25, 0.3) is 21.7 Å². The van der Waals surface area contributed by atoms with E-state index in [1.807, 2.05) is 48.5 Å². The Morgan fingerprint density at radius 2 is 1.38 bits per heavy atom. The molecular weight excluding hydrogens is 338 g/mol. The van der Waals surface area contributed by atoms with Crippen molar-refractivity contribution in [3.63, 3.8) is 0 Å². The van der Waals surface area contributed by atoms with Gasteiger partial charge in [0.05, 0.1) is 10.6 Å². The number of thiazole rings is 1. The molecule has 4 rings (SSSR count). The lowest BCUT2D eigenvalue weighted by atomic mass is 10.1. The van der Waals surface area contributed by atoms with Crippen molar-refractivity contribution in [1.29, 1.82) is 0 Å². The summed E-state index contributed by atoms with van der Waals surface area (Å²) < 4.78 is 0. The average molecular weight is 355 g/mol. The van der Waals surface area contributed by atoms with E-state index in [2.05, 4.69) is 43.3 Å². The number of hydrogen-bond donors (Lipinski definition) is 0. The van der Waals surface area contributed by atoms with Crippen LogP contribution < -0.4 is 0 Å². The van der Waals surface area contributed by atoms with Crippen LogP contribution in [0.15, 0.2) is 84.9 Å². The fourth-order valence-electron chi connectivity index (χ4n) is 2.82. The first-order valence-electron chi connectivity index (χ1n) is 8.45. The number of rotatable bonds is 4. The zero-order chi connectivity index (χ0) is 17.9. The van der Waals surface area contributed by atoms with Gasteiger partial charge in [0, 0.05) is 11.1 Å². The van der Waals surface area contributed by atoms with E-state index >= 15 is 0 Å². The van der Waals surface area contributed by atoms with Gasteiger partial charge in [-0.15, -0.1) is 11.3 Å².